The molecule has 0 N–H and O–H groups in total. The molecule has 0 aliphatic carbocycles. The highest BCUT2D eigenvalue weighted by molar-refractivity contribution is 7.16. The van der Waals surface area contributed by atoms with Crippen molar-refractivity contribution in [2.24, 2.45) is 0 Å². The van der Waals surface area contributed by atoms with E-state index in [1.54, 1.807) is 21.6 Å². The molecule has 38 heavy (non-hydrogen) atoms. The Balaban J connectivity index is 1.27. The first kappa shape index (κ1) is 26.0. The number of aromatic nitrogens is 4. The Morgan fingerprint density at radius 2 is 1.95 bits per heavy atom. The lowest BCUT2D eigenvalue weighted by Crippen LogP contribution is -2.41. The summed E-state index contributed by atoms with van der Waals surface area (Å²) in [4.78, 5) is 31.2. The molecule has 5 rings (SSSR count). The van der Waals surface area contributed by atoms with Gasteiger partial charge in [-0.25, -0.2) is 4.79 Å². The maximum atomic E-state index is 12.8. The summed E-state index contributed by atoms with van der Waals surface area (Å²) in [5, 5.41) is 6.95. The standard InChI is InChI=1S/C26H27F2N5O4S/c1-26(2,3)37-24(34)32-10-8-15(9-11-32)16-5-7-19-20(12-16)38-25(35)33(19)14-18-6-4-17(13-29-18)22-30-31-23(36-22)21(27)28/h4-7,12-13,15,21H,8-11,14H2,1-3H3. The second-order valence-electron chi connectivity index (χ2n) is 10.2. The van der Waals surface area contributed by atoms with Crippen LogP contribution in [0.5, 0.6) is 0 Å². The van der Waals surface area contributed by atoms with Crippen molar-refractivity contribution < 1.29 is 22.7 Å². The molecule has 0 atom stereocenters. The monoisotopic (exact) mass is 543 g/mol. The van der Waals surface area contributed by atoms with Gasteiger partial charge in [0.2, 0.25) is 5.89 Å². The first-order valence-electron chi connectivity index (χ1n) is 12.3. The van der Waals surface area contributed by atoms with Crippen LogP contribution in [0.4, 0.5) is 13.6 Å². The van der Waals surface area contributed by atoms with E-state index in [2.05, 4.69) is 21.2 Å². The van der Waals surface area contributed by atoms with E-state index in [9.17, 15) is 18.4 Å². The number of ether oxygens (including phenoxy) is 1. The van der Waals surface area contributed by atoms with Crippen LogP contribution in [-0.4, -0.2) is 49.4 Å². The van der Waals surface area contributed by atoms with Gasteiger partial charge >= 0.3 is 17.4 Å². The fourth-order valence-electron chi connectivity index (χ4n) is 4.45. The third-order valence-electron chi connectivity index (χ3n) is 6.33. The van der Waals surface area contributed by atoms with E-state index < -0.39 is 17.9 Å². The van der Waals surface area contributed by atoms with Gasteiger partial charge in [-0.1, -0.05) is 17.4 Å². The van der Waals surface area contributed by atoms with Crippen molar-refractivity contribution >= 4 is 27.6 Å². The van der Waals surface area contributed by atoms with Crippen LogP contribution in [0.2, 0.25) is 0 Å². The van der Waals surface area contributed by atoms with Gasteiger partial charge in [-0.15, -0.1) is 10.2 Å². The van der Waals surface area contributed by atoms with Gasteiger partial charge in [-0.05, 0) is 69.4 Å². The van der Waals surface area contributed by atoms with Crippen molar-refractivity contribution in [2.75, 3.05) is 13.1 Å². The molecule has 4 heterocycles. The fourth-order valence-corrected chi connectivity index (χ4v) is 5.39. The lowest BCUT2D eigenvalue weighted by atomic mass is 9.89. The summed E-state index contributed by atoms with van der Waals surface area (Å²) in [6.45, 7) is 7.10. The smallest absolute Gasteiger partial charge is 0.410 e. The second-order valence-corrected chi connectivity index (χ2v) is 11.2. The lowest BCUT2D eigenvalue weighted by Gasteiger charge is -2.33. The maximum Gasteiger partial charge on any atom is 0.410 e. The summed E-state index contributed by atoms with van der Waals surface area (Å²) >= 11 is 1.18. The number of amides is 1. The highest BCUT2D eigenvalue weighted by Crippen LogP contribution is 2.32. The number of benzene rings is 1. The number of hydrogen-bond donors (Lipinski definition) is 0. The maximum absolute atomic E-state index is 12.8. The van der Waals surface area contributed by atoms with Crippen molar-refractivity contribution in [3.05, 3.63) is 63.3 Å². The third kappa shape index (κ3) is 5.59. The molecule has 200 valence electrons. The molecule has 4 aromatic rings. The number of piperidine rings is 1. The van der Waals surface area contributed by atoms with Crippen LogP contribution in [0.3, 0.4) is 0 Å². The number of carbonyl (C=O) groups excluding carboxylic acids is 1. The third-order valence-corrected chi connectivity index (χ3v) is 7.27. The van der Waals surface area contributed by atoms with Crippen molar-refractivity contribution in [3.8, 4) is 11.5 Å². The van der Waals surface area contributed by atoms with Gasteiger partial charge in [0, 0.05) is 19.3 Å². The second kappa shape index (κ2) is 10.2. The van der Waals surface area contributed by atoms with E-state index in [1.165, 1.54) is 17.5 Å². The van der Waals surface area contributed by atoms with Crippen LogP contribution in [0.15, 0.2) is 45.7 Å². The summed E-state index contributed by atoms with van der Waals surface area (Å²) in [6, 6.07) is 9.42. The molecule has 1 fully saturated rings. The number of likely N-dealkylation sites (tertiary alicyclic amines) is 1. The number of hydrogen-bond acceptors (Lipinski definition) is 8. The summed E-state index contributed by atoms with van der Waals surface area (Å²) in [6.07, 6.45) is -0.00386. The first-order valence-corrected chi connectivity index (χ1v) is 13.1. The zero-order chi connectivity index (χ0) is 27.0. The van der Waals surface area contributed by atoms with Crippen LogP contribution in [-0.2, 0) is 11.3 Å². The quantitative estimate of drug-likeness (QED) is 0.322. The van der Waals surface area contributed by atoms with Crippen LogP contribution in [0.1, 0.15) is 63.1 Å². The molecule has 9 nitrogen and oxygen atoms in total. The number of nitrogens with zero attached hydrogens (tertiary/aromatic N) is 5. The molecular formula is C26H27F2N5O4S. The van der Waals surface area contributed by atoms with Gasteiger partial charge in [-0.3, -0.25) is 14.3 Å². The number of fused-ring (bicyclic) bond motifs is 1. The Labute approximate surface area is 221 Å². The molecule has 1 aliphatic heterocycles. The minimum absolute atomic E-state index is 0.0399. The lowest BCUT2D eigenvalue weighted by molar-refractivity contribution is 0.0205. The molecule has 3 aromatic heterocycles. The molecule has 1 saturated heterocycles. The van der Waals surface area contributed by atoms with E-state index in [0.717, 1.165) is 28.6 Å². The number of rotatable bonds is 5. The summed E-state index contributed by atoms with van der Waals surface area (Å²) in [5.74, 6) is -0.483. The Morgan fingerprint density at radius 3 is 2.58 bits per heavy atom. The predicted octanol–water partition coefficient (Wildman–Crippen LogP) is 5.61. The van der Waals surface area contributed by atoms with E-state index in [0.29, 0.717) is 30.3 Å². The molecule has 0 radical (unpaired) electrons. The molecule has 1 aliphatic rings. The highest BCUT2D eigenvalue weighted by atomic mass is 32.1. The number of alkyl halides is 2. The van der Waals surface area contributed by atoms with E-state index in [1.807, 2.05) is 32.9 Å². The number of carbonyl (C=O) groups is 1. The van der Waals surface area contributed by atoms with Gasteiger partial charge in [0.15, 0.2) is 0 Å². The van der Waals surface area contributed by atoms with Gasteiger partial charge in [-0.2, -0.15) is 8.78 Å². The minimum Gasteiger partial charge on any atom is -0.444 e. The average molecular weight is 544 g/mol. The SMILES string of the molecule is CC(C)(C)OC(=O)N1CCC(c2ccc3c(c2)sc(=O)n3Cc2ccc(-c3nnc(C(F)F)o3)cn2)CC1. The number of thiazole rings is 1. The van der Waals surface area contributed by atoms with E-state index >= 15 is 0 Å². The van der Waals surface area contributed by atoms with Crippen molar-refractivity contribution in [1.29, 1.82) is 0 Å². The van der Waals surface area contributed by atoms with Crippen LogP contribution in [0.25, 0.3) is 21.7 Å². The Bertz CT molecular complexity index is 1500. The Morgan fingerprint density at radius 1 is 1.18 bits per heavy atom. The zero-order valence-electron chi connectivity index (χ0n) is 21.2. The van der Waals surface area contributed by atoms with Crippen LogP contribution >= 0.6 is 11.3 Å². The summed E-state index contributed by atoms with van der Waals surface area (Å²) in [7, 11) is 0. The Hall–Kier alpha value is -3.67. The largest absolute Gasteiger partial charge is 0.444 e. The van der Waals surface area contributed by atoms with Crippen molar-refractivity contribution in [3.63, 3.8) is 0 Å². The van der Waals surface area contributed by atoms with Crippen LogP contribution in [0, 0.1) is 0 Å². The molecule has 0 saturated carbocycles. The van der Waals surface area contributed by atoms with Gasteiger partial charge < -0.3 is 14.1 Å². The topological polar surface area (TPSA) is 103 Å². The average Bonchev–Trinajstić information content (AvgIpc) is 3.49. The van der Waals surface area contributed by atoms with Crippen molar-refractivity contribution in [2.45, 2.75) is 58.1 Å². The molecule has 0 unspecified atom stereocenters. The highest BCUT2D eigenvalue weighted by Gasteiger charge is 2.28. The summed E-state index contributed by atoms with van der Waals surface area (Å²) in [5.41, 5.74) is 2.50. The van der Waals surface area contributed by atoms with Crippen molar-refractivity contribution in [1.82, 2.24) is 24.6 Å². The van der Waals surface area contributed by atoms with Gasteiger partial charge in [0.1, 0.15) is 5.60 Å². The molecular weight excluding hydrogens is 516 g/mol. The number of halogens is 2. The molecule has 0 bridgehead atoms. The fraction of sp³-hybridized carbons (Fsp3) is 0.423. The Kier molecular flexibility index (Phi) is 6.99. The normalized spacial score (nSPS) is 14.9. The first-order chi connectivity index (χ1) is 18.1. The van der Waals surface area contributed by atoms with Gasteiger partial charge in [0.25, 0.3) is 5.89 Å². The molecule has 1 aromatic carbocycles. The van der Waals surface area contributed by atoms with E-state index in [-0.39, 0.29) is 23.4 Å². The summed E-state index contributed by atoms with van der Waals surface area (Å²) < 4.78 is 38.4. The minimum atomic E-state index is -2.84. The zero-order valence-corrected chi connectivity index (χ0v) is 22.0. The molecule has 0 spiro atoms. The predicted molar refractivity (Wildman–Crippen MR) is 137 cm³/mol. The van der Waals surface area contributed by atoms with Crippen LogP contribution < -0.4 is 4.87 Å². The van der Waals surface area contributed by atoms with E-state index in [4.69, 9.17) is 9.15 Å². The molecule has 1 amide bonds. The molecule has 12 heteroatoms. The number of pyridine rings is 1. The van der Waals surface area contributed by atoms with Gasteiger partial charge in [0.05, 0.1) is 28.0 Å².